The molecule has 0 radical (unpaired) electrons. The number of rotatable bonds is 4. The predicted molar refractivity (Wildman–Crippen MR) is 65.2 cm³/mol. The number of methoxy groups -OCH3 is 1. The van der Waals surface area contributed by atoms with Gasteiger partial charge in [-0.3, -0.25) is 9.67 Å². The highest BCUT2D eigenvalue weighted by molar-refractivity contribution is 5.32. The Morgan fingerprint density at radius 3 is 2.78 bits per heavy atom. The van der Waals surface area contributed by atoms with E-state index >= 15 is 0 Å². The fourth-order valence-corrected chi connectivity index (χ4v) is 1.88. The number of hydrogen-bond donors (Lipinski definition) is 1. The van der Waals surface area contributed by atoms with Gasteiger partial charge in [0.05, 0.1) is 12.8 Å². The molecule has 2 rings (SSSR count). The molecule has 1 N–H and O–H groups in total. The van der Waals surface area contributed by atoms with E-state index in [9.17, 15) is 5.11 Å². The summed E-state index contributed by atoms with van der Waals surface area (Å²) < 4.78 is 6.79. The molecule has 0 aliphatic rings. The van der Waals surface area contributed by atoms with Gasteiger partial charge in [-0.2, -0.15) is 5.10 Å². The van der Waals surface area contributed by atoms with Crippen molar-refractivity contribution in [2.45, 2.75) is 19.4 Å². The van der Waals surface area contributed by atoms with E-state index in [1.807, 2.05) is 14.0 Å². The number of aliphatic hydroxyl groups excluding tert-OH is 1. The Labute approximate surface area is 105 Å². The van der Waals surface area contributed by atoms with Crippen molar-refractivity contribution in [3.05, 3.63) is 35.5 Å². The lowest BCUT2D eigenvalue weighted by atomic mass is 10.1. The van der Waals surface area contributed by atoms with Crippen LogP contribution in [0.4, 0.5) is 0 Å². The summed E-state index contributed by atoms with van der Waals surface area (Å²) in [5.74, 6) is 0.330. The highest BCUT2D eigenvalue weighted by Crippen LogP contribution is 2.27. The summed E-state index contributed by atoms with van der Waals surface area (Å²) in [4.78, 5) is 8.17. The first-order valence-corrected chi connectivity index (χ1v) is 5.72. The molecule has 6 heteroatoms. The Morgan fingerprint density at radius 1 is 1.39 bits per heavy atom. The van der Waals surface area contributed by atoms with Crippen LogP contribution in [0.5, 0.6) is 5.88 Å². The fraction of sp³-hybridized carbons (Fsp3) is 0.417. The summed E-state index contributed by atoms with van der Waals surface area (Å²) in [7, 11) is 3.33. The van der Waals surface area contributed by atoms with Gasteiger partial charge in [0, 0.05) is 31.2 Å². The molecule has 0 bridgehead atoms. The zero-order valence-electron chi connectivity index (χ0n) is 10.7. The molecule has 2 heterocycles. The molecule has 2 aromatic heterocycles. The molecule has 0 amide bonds. The molecule has 0 aliphatic heterocycles. The molecule has 18 heavy (non-hydrogen) atoms. The Bertz CT molecular complexity index is 539. The number of nitrogens with zero attached hydrogens (tertiary/aromatic N) is 4. The van der Waals surface area contributed by atoms with Crippen LogP contribution in [0, 0.1) is 0 Å². The van der Waals surface area contributed by atoms with Crippen LogP contribution in [0.2, 0.25) is 0 Å². The number of aromatic nitrogens is 4. The number of aliphatic hydroxyl groups is 1. The second-order valence-electron chi connectivity index (χ2n) is 3.91. The predicted octanol–water partition coefficient (Wildman–Crippen LogP) is 0.863. The van der Waals surface area contributed by atoms with Crippen molar-refractivity contribution in [3.8, 4) is 5.88 Å². The van der Waals surface area contributed by atoms with E-state index in [-0.39, 0.29) is 0 Å². The van der Waals surface area contributed by atoms with E-state index in [1.165, 1.54) is 19.5 Å². The largest absolute Gasteiger partial charge is 0.480 e. The maximum atomic E-state index is 10.4. The highest BCUT2D eigenvalue weighted by Gasteiger charge is 2.22. The summed E-state index contributed by atoms with van der Waals surface area (Å²) in [6, 6.07) is 0. The van der Waals surface area contributed by atoms with Crippen LogP contribution in [0.3, 0.4) is 0 Å². The van der Waals surface area contributed by atoms with Crippen molar-refractivity contribution < 1.29 is 9.84 Å². The Kier molecular flexibility index (Phi) is 3.57. The molecular formula is C12H16N4O2. The van der Waals surface area contributed by atoms with Crippen LogP contribution in [-0.4, -0.2) is 32.0 Å². The van der Waals surface area contributed by atoms with Gasteiger partial charge in [-0.15, -0.1) is 0 Å². The van der Waals surface area contributed by atoms with Gasteiger partial charge in [-0.25, -0.2) is 4.98 Å². The second-order valence-corrected chi connectivity index (χ2v) is 3.91. The van der Waals surface area contributed by atoms with Gasteiger partial charge in [0.2, 0.25) is 5.88 Å². The van der Waals surface area contributed by atoms with Crippen molar-refractivity contribution in [3.63, 3.8) is 0 Å². The van der Waals surface area contributed by atoms with Crippen molar-refractivity contribution in [2.75, 3.05) is 7.11 Å². The summed E-state index contributed by atoms with van der Waals surface area (Å²) in [6.45, 7) is 1.99. The van der Waals surface area contributed by atoms with Gasteiger partial charge in [0.1, 0.15) is 11.8 Å². The zero-order chi connectivity index (χ0) is 13.1. The van der Waals surface area contributed by atoms with E-state index in [0.717, 1.165) is 17.7 Å². The van der Waals surface area contributed by atoms with Crippen LogP contribution >= 0.6 is 0 Å². The highest BCUT2D eigenvalue weighted by atomic mass is 16.5. The van der Waals surface area contributed by atoms with E-state index in [0.29, 0.717) is 11.6 Å². The van der Waals surface area contributed by atoms with Crippen molar-refractivity contribution in [1.29, 1.82) is 0 Å². The first kappa shape index (κ1) is 12.5. The van der Waals surface area contributed by atoms with Crippen LogP contribution in [-0.2, 0) is 13.5 Å². The van der Waals surface area contributed by atoms with Gasteiger partial charge in [0.15, 0.2) is 0 Å². The smallest absolute Gasteiger partial charge is 0.238 e. The van der Waals surface area contributed by atoms with Crippen LogP contribution in [0.25, 0.3) is 0 Å². The van der Waals surface area contributed by atoms with Crippen LogP contribution in [0.15, 0.2) is 18.6 Å². The molecule has 0 fully saturated rings. The van der Waals surface area contributed by atoms with E-state index in [4.69, 9.17) is 4.74 Å². The molecule has 0 saturated carbocycles. The monoisotopic (exact) mass is 248 g/mol. The molecule has 96 valence electrons. The van der Waals surface area contributed by atoms with Crippen LogP contribution in [0.1, 0.15) is 30.0 Å². The summed E-state index contributed by atoms with van der Waals surface area (Å²) >= 11 is 0. The second kappa shape index (κ2) is 5.14. The third-order valence-electron chi connectivity index (χ3n) is 2.71. The summed E-state index contributed by atoms with van der Waals surface area (Å²) in [5.41, 5.74) is 1.99. The number of hydrogen-bond acceptors (Lipinski definition) is 5. The standard InChI is InChI=1S/C12H16N4O2/c1-4-9-8(7-16(2)15-9)11(17)10-12(18-3)14-6-5-13-10/h5-7,11,17H,4H2,1-3H3. The number of aryl methyl sites for hydroxylation is 2. The molecule has 0 aromatic carbocycles. The van der Waals surface area contributed by atoms with Gasteiger partial charge in [-0.1, -0.05) is 6.92 Å². The third kappa shape index (κ3) is 2.19. The minimum atomic E-state index is -0.878. The molecular weight excluding hydrogens is 232 g/mol. The van der Waals surface area contributed by atoms with Crippen molar-refractivity contribution in [2.24, 2.45) is 7.05 Å². The first-order valence-electron chi connectivity index (χ1n) is 5.72. The molecule has 1 unspecified atom stereocenters. The van der Waals surface area contributed by atoms with Crippen LogP contribution < -0.4 is 4.74 Å². The van der Waals surface area contributed by atoms with Gasteiger partial charge < -0.3 is 9.84 Å². The molecule has 6 nitrogen and oxygen atoms in total. The first-order chi connectivity index (χ1) is 8.67. The minimum Gasteiger partial charge on any atom is -0.480 e. The zero-order valence-corrected chi connectivity index (χ0v) is 10.7. The topological polar surface area (TPSA) is 73.1 Å². The third-order valence-corrected chi connectivity index (χ3v) is 2.71. The molecule has 0 saturated heterocycles. The van der Waals surface area contributed by atoms with E-state index in [2.05, 4.69) is 15.1 Å². The lowest BCUT2D eigenvalue weighted by Crippen LogP contribution is -2.07. The SMILES string of the molecule is CCc1nn(C)cc1C(O)c1nccnc1OC. The summed E-state index contributed by atoms with van der Waals surface area (Å²) in [5, 5.41) is 14.7. The maximum absolute atomic E-state index is 10.4. The Morgan fingerprint density at radius 2 is 2.11 bits per heavy atom. The van der Waals surface area contributed by atoms with Gasteiger partial charge >= 0.3 is 0 Å². The molecule has 1 atom stereocenters. The molecule has 0 spiro atoms. The lowest BCUT2D eigenvalue weighted by Gasteiger charge is -2.12. The summed E-state index contributed by atoms with van der Waals surface area (Å²) in [6.07, 6.45) is 4.72. The normalized spacial score (nSPS) is 12.4. The quantitative estimate of drug-likeness (QED) is 0.868. The van der Waals surface area contributed by atoms with E-state index in [1.54, 1.807) is 10.9 Å². The lowest BCUT2D eigenvalue weighted by molar-refractivity contribution is 0.206. The van der Waals surface area contributed by atoms with Crippen molar-refractivity contribution in [1.82, 2.24) is 19.7 Å². The average Bonchev–Trinajstić information content (AvgIpc) is 2.79. The molecule has 0 aliphatic carbocycles. The number of ether oxygens (including phenoxy) is 1. The van der Waals surface area contributed by atoms with Crippen molar-refractivity contribution >= 4 is 0 Å². The maximum Gasteiger partial charge on any atom is 0.238 e. The van der Waals surface area contributed by atoms with Gasteiger partial charge in [0.25, 0.3) is 0 Å². The van der Waals surface area contributed by atoms with E-state index < -0.39 is 6.10 Å². The minimum absolute atomic E-state index is 0.330. The van der Waals surface area contributed by atoms with Gasteiger partial charge in [-0.05, 0) is 6.42 Å². The Balaban J connectivity index is 2.44. The fourth-order valence-electron chi connectivity index (χ4n) is 1.88. The molecule has 2 aromatic rings. The Hall–Kier alpha value is -1.95. The average molecular weight is 248 g/mol.